The fraction of sp³-hybridized carbons (Fsp3) is 0.529. The lowest BCUT2D eigenvalue weighted by atomic mass is 9.99. The molecule has 0 unspecified atom stereocenters. The number of hydrogen-bond donors (Lipinski definition) is 1. The third kappa shape index (κ3) is 3.40. The first-order valence-corrected chi connectivity index (χ1v) is 7.56. The second-order valence-corrected chi connectivity index (χ2v) is 6.22. The number of carbonyl (C=O) groups is 2. The molecule has 0 radical (unpaired) electrons. The fourth-order valence-corrected chi connectivity index (χ4v) is 2.51. The van der Waals surface area contributed by atoms with Gasteiger partial charge in [0.2, 0.25) is 5.91 Å². The first-order valence-electron chi connectivity index (χ1n) is 7.56. The summed E-state index contributed by atoms with van der Waals surface area (Å²) in [5.41, 5.74) is 0.666. The predicted octanol–water partition coefficient (Wildman–Crippen LogP) is 2.07. The Morgan fingerprint density at radius 3 is 2.59 bits per heavy atom. The first-order chi connectivity index (χ1) is 10.4. The van der Waals surface area contributed by atoms with Crippen molar-refractivity contribution in [3.05, 3.63) is 29.8 Å². The second kappa shape index (κ2) is 6.38. The normalized spacial score (nSPS) is 16.5. The topological polar surface area (TPSA) is 58.6 Å². The van der Waals surface area contributed by atoms with Crippen molar-refractivity contribution in [1.29, 1.82) is 0 Å². The Morgan fingerprint density at radius 1 is 1.36 bits per heavy atom. The van der Waals surface area contributed by atoms with E-state index >= 15 is 0 Å². The van der Waals surface area contributed by atoms with E-state index in [1.54, 1.807) is 36.2 Å². The lowest BCUT2D eigenvalue weighted by Crippen LogP contribution is -2.45. The van der Waals surface area contributed by atoms with E-state index in [-0.39, 0.29) is 29.8 Å². The van der Waals surface area contributed by atoms with Gasteiger partial charge in [0.05, 0.1) is 19.2 Å². The van der Waals surface area contributed by atoms with Gasteiger partial charge >= 0.3 is 0 Å². The van der Waals surface area contributed by atoms with Crippen molar-refractivity contribution in [1.82, 2.24) is 10.2 Å². The lowest BCUT2D eigenvalue weighted by molar-refractivity contribution is -0.131. The highest BCUT2D eigenvalue weighted by atomic mass is 16.5. The van der Waals surface area contributed by atoms with Crippen LogP contribution in [0.3, 0.4) is 0 Å². The number of ether oxygens (including phenoxy) is 1. The van der Waals surface area contributed by atoms with E-state index < -0.39 is 0 Å². The molecule has 1 saturated carbocycles. The molecule has 1 aromatic carbocycles. The minimum absolute atomic E-state index is 0.00615. The van der Waals surface area contributed by atoms with E-state index in [2.05, 4.69) is 19.2 Å². The maximum Gasteiger partial charge on any atom is 0.255 e. The Kier molecular flexibility index (Phi) is 4.74. The van der Waals surface area contributed by atoms with Gasteiger partial charge in [0.1, 0.15) is 5.75 Å². The van der Waals surface area contributed by atoms with Gasteiger partial charge in [-0.15, -0.1) is 0 Å². The van der Waals surface area contributed by atoms with Crippen molar-refractivity contribution in [3.8, 4) is 5.75 Å². The molecule has 0 spiro atoms. The van der Waals surface area contributed by atoms with Crippen LogP contribution < -0.4 is 10.1 Å². The van der Waals surface area contributed by atoms with Gasteiger partial charge in [0.15, 0.2) is 0 Å². The Balaban J connectivity index is 1.92. The van der Waals surface area contributed by atoms with E-state index in [1.165, 1.54) is 7.11 Å². The van der Waals surface area contributed by atoms with Gasteiger partial charge in [-0.2, -0.15) is 0 Å². The van der Waals surface area contributed by atoms with E-state index in [0.717, 1.165) is 12.8 Å². The molecular formula is C17H24N2O3. The summed E-state index contributed by atoms with van der Waals surface area (Å²) < 4.78 is 5.16. The number of amides is 2. The van der Waals surface area contributed by atoms with Crippen LogP contribution in [0, 0.1) is 5.41 Å². The van der Waals surface area contributed by atoms with Gasteiger partial charge in [-0.1, -0.05) is 19.1 Å². The molecule has 5 heteroatoms. The van der Waals surface area contributed by atoms with Crippen LogP contribution in [-0.2, 0) is 4.79 Å². The van der Waals surface area contributed by atoms with Gasteiger partial charge in [0.25, 0.3) is 5.91 Å². The monoisotopic (exact) mass is 304 g/mol. The van der Waals surface area contributed by atoms with E-state index in [9.17, 15) is 9.59 Å². The van der Waals surface area contributed by atoms with Crippen molar-refractivity contribution in [2.24, 2.45) is 5.41 Å². The third-order valence-corrected chi connectivity index (χ3v) is 4.77. The number of para-hydroxylation sites is 1. The molecule has 0 heterocycles. The van der Waals surface area contributed by atoms with Gasteiger partial charge in [-0.25, -0.2) is 0 Å². The summed E-state index contributed by atoms with van der Waals surface area (Å²) >= 11 is 0. The number of hydrogen-bond acceptors (Lipinski definition) is 3. The summed E-state index contributed by atoms with van der Waals surface area (Å²) in [7, 11) is 3.31. The van der Waals surface area contributed by atoms with E-state index in [1.807, 2.05) is 0 Å². The number of methoxy groups -OCH3 is 1. The van der Waals surface area contributed by atoms with Gasteiger partial charge < -0.3 is 15.0 Å². The fourth-order valence-electron chi connectivity index (χ4n) is 2.51. The summed E-state index contributed by atoms with van der Waals surface area (Å²) in [6, 6.07) is 7.14. The largest absolute Gasteiger partial charge is 0.496 e. The summed E-state index contributed by atoms with van der Waals surface area (Å²) in [6.07, 6.45) is 2.30. The molecule has 1 aromatic rings. The molecule has 2 rings (SSSR count). The average Bonchev–Trinajstić information content (AvgIpc) is 3.29. The zero-order valence-corrected chi connectivity index (χ0v) is 13.7. The molecule has 0 bridgehead atoms. The Hall–Kier alpha value is -2.04. The minimum Gasteiger partial charge on any atom is -0.496 e. The smallest absolute Gasteiger partial charge is 0.255 e. The van der Waals surface area contributed by atoms with Crippen LogP contribution in [-0.4, -0.2) is 43.5 Å². The number of likely N-dealkylation sites (N-methyl/N-ethyl adjacent to an activating group) is 1. The Morgan fingerprint density at radius 2 is 2.00 bits per heavy atom. The van der Waals surface area contributed by atoms with Crippen LogP contribution in [0.1, 0.15) is 37.0 Å². The zero-order chi connectivity index (χ0) is 16.3. The van der Waals surface area contributed by atoms with E-state index in [0.29, 0.717) is 11.3 Å². The summed E-state index contributed by atoms with van der Waals surface area (Å²) in [5.74, 6) is 0.119. The standard InChI is InChI=1S/C17H24N2O3/c1-12(17(2)9-10-17)19(3)15(20)11-18-16(21)13-7-5-6-8-14(13)22-4/h5-8,12H,9-11H2,1-4H3,(H,18,21)/t12-/m0/s1. The van der Waals surface area contributed by atoms with Gasteiger partial charge in [-0.3, -0.25) is 9.59 Å². The van der Waals surface area contributed by atoms with Crippen LogP contribution in [0.5, 0.6) is 5.75 Å². The highest BCUT2D eigenvalue weighted by Gasteiger charge is 2.45. The molecule has 1 fully saturated rings. The second-order valence-electron chi connectivity index (χ2n) is 6.22. The Bertz CT molecular complexity index is 567. The molecule has 0 aromatic heterocycles. The summed E-state index contributed by atoms with van der Waals surface area (Å²) in [6.45, 7) is 4.25. The number of nitrogens with zero attached hydrogens (tertiary/aromatic N) is 1. The van der Waals surface area contributed by atoms with E-state index in [4.69, 9.17) is 4.74 Å². The lowest BCUT2D eigenvalue weighted by Gasteiger charge is -2.30. The highest BCUT2D eigenvalue weighted by molar-refractivity contribution is 5.98. The molecule has 1 aliphatic carbocycles. The molecule has 120 valence electrons. The predicted molar refractivity (Wildman–Crippen MR) is 84.9 cm³/mol. The Labute approximate surface area is 131 Å². The van der Waals surface area contributed by atoms with Crippen LogP contribution in [0.15, 0.2) is 24.3 Å². The molecule has 0 aliphatic heterocycles. The average molecular weight is 304 g/mol. The maximum absolute atomic E-state index is 12.2. The molecule has 1 aliphatic rings. The van der Waals surface area contributed by atoms with Crippen LogP contribution in [0.2, 0.25) is 0 Å². The van der Waals surface area contributed by atoms with Crippen molar-refractivity contribution in [2.75, 3.05) is 20.7 Å². The van der Waals surface area contributed by atoms with Gasteiger partial charge in [-0.05, 0) is 37.3 Å². The maximum atomic E-state index is 12.2. The highest BCUT2D eigenvalue weighted by Crippen LogP contribution is 2.49. The molecule has 0 saturated heterocycles. The van der Waals surface area contributed by atoms with Crippen molar-refractivity contribution >= 4 is 11.8 Å². The zero-order valence-electron chi connectivity index (χ0n) is 13.7. The molecule has 1 N–H and O–H groups in total. The number of nitrogens with one attached hydrogen (secondary N) is 1. The number of benzene rings is 1. The van der Waals surface area contributed by atoms with Crippen LogP contribution >= 0.6 is 0 Å². The number of carbonyl (C=O) groups excluding carboxylic acids is 2. The SMILES string of the molecule is COc1ccccc1C(=O)NCC(=O)N(C)[C@@H](C)C1(C)CC1. The van der Waals surface area contributed by atoms with Crippen molar-refractivity contribution in [2.45, 2.75) is 32.7 Å². The summed E-state index contributed by atoms with van der Waals surface area (Å²) in [4.78, 5) is 26.1. The van der Waals surface area contributed by atoms with Crippen molar-refractivity contribution < 1.29 is 14.3 Å². The van der Waals surface area contributed by atoms with Crippen LogP contribution in [0.25, 0.3) is 0 Å². The minimum atomic E-state index is -0.301. The first kappa shape index (κ1) is 16.3. The van der Waals surface area contributed by atoms with Crippen LogP contribution in [0.4, 0.5) is 0 Å². The molecule has 22 heavy (non-hydrogen) atoms. The number of rotatable bonds is 6. The third-order valence-electron chi connectivity index (χ3n) is 4.77. The molecular weight excluding hydrogens is 280 g/mol. The molecule has 1 atom stereocenters. The summed E-state index contributed by atoms with van der Waals surface area (Å²) in [5, 5.41) is 2.67. The van der Waals surface area contributed by atoms with Gasteiger partial charge in [0, 0.05) is 13.1 Å². The van der Waals surface area contributed by atoms with Crippen molar-refractivity contribution in [3.63, 3.8) is 0 Å². The quantitative estimate of drug-likeness (QED) is 0.875. The molecule has 2 amide bonds. The molecule has 5 nitrogen and oxygen atoms in total.